The van der Waals surface area contributed by atoms with Crippen LogP contribution in [0.5, 0.6) is 11.5 Å². The van der Waals surface area contributed by atoms with Gasteiger partial charge in [-0.15, -0.1) is 0 Å². The SMILES string of the molecule is Cc1ccc(C[NH+](C)[C@@H](C)C(=O)Nc2ccc3c(c2)OCCO3)cc1. The molecule has 0 fully saturated rings. The summed E-state index contributed by atoms with van der Waals surface area (Å²) in [5.41, 5.74) is 3.19. The summed E-state index contributed by atoms with van der Waals surface area (Å²) in [4.78, 5) is 13.7. The Hall–Kier alpha value is -2.53. The van der Waals surface area contributed by atoms with Crippen LogP contribution in [0.2, 0.25) is 0 Å². The lowest BCUT2D eigenvalue weighted by Crippen LogP contribution is -3.12. The number of likely N-dealkylation sites (N-methyl/N-ethyl adjacent to an activating group) is 1. The third-order valence-electron chi connectivity index (χ3n) is 4.55. The van der Waals surface area contributed by atoms with Crippen molar-refractivity contribution in [3.05, 3.63) is 53.6 Å². The van der Waals surface area contributed by atoms with Gasteiger partial charge in [0.15, 0.2) is 17.5 Å². The largest absolute Gasteiger partial charge is 0.486 e. The highest BCUT2D eigenvalue weighted by Gasteiger charge is 2.22. The zero-order valence-electron chi connectivity index (χ0n) is 15.0. The second-order valence-electron chi connectivity index (χ2n) is 6.58. The van der Waals surface area contributed by atoms with Crippen LogP contribution in [0.1, 0.15) is 18.1 Å². The van der Waals surface area contributed by atoms with Crippen LogP contribution in [-0.2, 0) is 11.3 Å². The molecule has 2 aromatic rings. The van der Waals surface area contributed by atoms with Gasteiger partial charge in [-0.3, -0.25) is 4.79 Å². The number of benzene rings is 2. The molecule has 0 saturated carbocycles. The molecule has 1 aliphatic rings. The fraction of sp³-hybridized carbons (Fsp3) is 0.350. The third-order valence-corrected chi connectivity index (χ3v) is 4.55. The van der Waals surface area contributed by atoms with E-state index >= 15 is 0 Å². The first-order valence-electron chi connectivity index (χ1n) is 8.61. The van der Waals surface area contributed by atoms with Crippen molar-refractivity contribution in [1.82, 2.24) is 0 Å². The Morgan fingerprint density at radius 2 is 1.80 bits per heavy atom. The Balaban J connectivity index is 1.60. The van der Waals surface area contributed by atoms with Crippen LogP contribution < -0.4 is 19.7 Å². The second-order valence-corrected chi connectivity index (χ2v) is 6.58. The van der Waals surface area contributed by atoms with Crippen LogP contribution in [0.25, 0.3) is 0 Å². The first kappa shape index (κ1) is 17.3. The normalized spacial score (nSPS) is 15.3. The number of hydrogen-bond acceptors (Lipinski definition) is 3. The van der Waals surface area contributed by atoms with E-state index in [0.717, 1.165) is 22.9 Å². The number of nitrogens with one attached hydrogen (secondary N) is 2. The monoisotopic (exact) mass is 341 g/mol. The molecule has 5 heteroatoms. The number of quaternary nitrogens is 1. The van der Waals surface area contributed by atoms with Crippen molar-refractivity contribution in [3.8, 4) is 11.5 Å². The summed E-state index contributed by atoms with van der Waals surface area (Å²) < 4.78 is 11.1. The van der Waals surface area contributed by atoms with Crippen LogP contribution in [0.4, 0.5) is 5.69 Å². The average Bonchev–Trinajstić information content (AvgIpc) is 2.62. The summed E-state index contributed by atoms with van der Waals surface area (Å²) in [5, 5.41) is 2.97. The van der Waals surface area contributed by atoms with Crippen molar-refractivity contribution in [2.45, 2.75) is 26.4 Å². The number of anilines is 1. The summed E-state index contributed by atoms with van der Waals surface area (Å²) in [5.74, 6) is 1.39. The summed E-state index contributed by atoms with van der Waals surface area (Å²) in [6.07, 6.45) is 0. The van der Waals surface area contributed by atoms with E-state index in [2.05, 4.69) is 36.5 Å². The molecule has 0 bridgehead atoms. The number of aryl methyl sites for hydroxylation is 1. The predicted molar refractivity (Wildman–Crippen MR) is 97.3 cm³/mol. The maximum absolute atomic E-state index is 12.6. The van der Waals surface area contributed by atoms with Gasteiger partial charge in [0.1, 0.15) is 19.8 Å². The summed E-state index contributed by atoms with van der Waals surface area (Å²) in [6.45, 7) is 5.91. The van der Waals surface area contributed by atoms with E-state index in [-0.39, 0.29) is 11.9 Å². The van der Waals surface area contributed by atoms with Gasteiger partial charge in [0.2, 0.25) is 0 Å². The van der Waals surface area contributed by atoms with Gasteiger partial charge in [-0.1, -0.05) is 29.8 Å². The quantitative estimate of drug-likeness (QED) is 0.872. The Bertz CT molecular complexity index is 743. The number of hydrogen-bond donors (Lipinski definition) is 2. The summed E-state index contributed by atoms with van der Waals surface area (Å²) >= 11 is 0. The fourth-order valence-corrected chi connectivity index (χ4v) is 2.78. The molecule has 1 aliphatic heterocycles. The van der Waals surface area contributed by atoms with Crippen molar-refractivity contribution in [2.75, 3.05) is 25.6 Å². The molecule has 2 aromatic carbocycles. The molecule has 3 rings (SSSR count). The van der Waals surface area contributed by atoms with E-state index < -0.39 is 0 Å². The number of fused-ring (bicyclic) bond motifs is 1. The molecule has 0 radical (unpaired) electrons. The highest BCUT2D eigenvalue weighted by Crippen LogP contribution is 2.32. The lowest BCUT2D eigenvalue weighted by Gasteiger charge is -2.22. The van der Waals surface area contributed by atoms with E-state index in [1.54, 1.807) is 0 Å². The smallest absolute Gasteiger partial charge is 0.282 e. The van der Waals surface area contributed by atoms with Crippen molar-refractivity contribution in [3.63, 3.8) is 0 Å². The number of ether oxygens (including phenoxy) is 2. The fourth-order valence-electron chi connectivity index (χ4n) is 2.78. The number of carbonyl (C=O) groups is 1. The average molecular weight is 341 g/mol. The van der Waals surface area contributed by atoms with Crippen molar-refractivity contribution >= 4 is 11.6 Å². The zero-order valence-corrected chi connectivity index (χ0v) is 15.0. The zero-order chi connectivity index (χ0) is 17.8. The van der Waals surface area contributed by atoms with Gasteiger partial charge in [0.25, 0.3) is 5.91 Å². The van der Waals surface area contributed by atoms with E-state index in [4.69, 9.17) is 9.47 Å². The minimum Gasteiger partial charge on any atom is -0.486 e. The van der Waals surface area contributed by atoms with Gasteiger partial charge in [0.05, 0.1) is 7.05 Å². The topological polar surface area (TPSA) is 52.0 Å². The van der Waals surface area contributed by atoms with Gasteiger partial charge in [-0.2, -0.15) is 0 Å². The Morgan fingerprint density at radius 1 is 1.12 bits per heavy atom. The minimum atomic E-state index is -0.172. The van der Waals surface area contributed by atoms with Crippen LogP contribution in [-0.4, -0.2) is 32.2 Å². The first-order valence-corrected chi connectivity index (χ1v) is 8.61. The van der Waals surface area contributed by atoms with Crippen molar-refractivity contribution in [2.24, 2.45) is 0 Å². The van der Waals surface area contributed by atoms with Gasteiger partial charge in [-0.05, 0) is 26.0 Å². The Labute approximate surface area is 148 Å². The third kappa shape index (κ3) is 4.31. The first-order chi connectivity index (χ1) is 12.0. The molecule has 1 heterocycles. The highest BCUT2D eigenvalue weighted by molar-refractivity contribution is 5.93. The summed E-state index contributed by atoms with van der Waals surface area (Å²) in [7, 11) is 2.04. The summed E-state index contributed by atoms with van der Waals surface area (Å²) in [6, 6.07) is 13.7. The second kappa shape index (κ2) is 7.57. The molecule has 1 amide bonds. The van der Waals surface area contributed by atoms with Gasteiger partial charge < -0.3 is 19.7 Å². The lowest BCUT2D eigenvalue weighted by atomic mass is 10.1. The molecule has 0 saturated heterocycles. The number of amides is 1. The van der Waals surface area contributed by atoms with E-state index in [9.17, 15) is 4.79 Å². The molecule has 0 aliphatic carbocycles. The molecule has 2 atom stereocenters. The number of carbonyl (C=O) groups excluding carboxylic acids is 1. The highest BCUT2D eigenvalue weighted by atomic mass is 16.6. The molecule has 5 nitrogen and oxygen atoms in total. The standard InChI is InChI=1S/C20H24N2O3/c1-14-4-6-16(7-5-14)13-22(3)15(2)20(23)21-17-8-9-18-19(12-17)25-11-10-24-18/h4-9,12,15H,10-11,13H2,1-3H3,(H,21,23)/p+1/t15-/m0/s1. The van der Waals surface area contributed by atoms with Crippen LogP contribution in [0.15, 0.2) is 42.5 Å². The predicted octanol–water partition coefficient (Wildman–Crippen LogP) is 1.81. The molecular weight excluding hydrogens is 316 g/mol. The van der Waals surface area contributed by atoms with Crippen LogP contribution in [0.3, 0.4) is 0 Å². The van der Waals surface area contributed by atoms with Crippen LogP contribution in [0, 0.1) is 6.92 Å². The van der Waals surface area contributed by atoms with Gasteiger partial charge in [-0.25, -0.2) is 0 Å². The molecule has 1 unspecified atom stereocenters. The van der Waals surface area contributed by atoms with Gasteiger partial charge >= 0.3 is 0 Å². The van der Waals surface area contributed by atoms with Gasteiger partial charge in [0, 0.05) is 17.3 Å². The Kier molecular flexibility index (Phi) is 5.24. The van der Waals surface area contributed by atoms with E-state index in [1.807, 2.05) is 32.2 Å². The molecule has 132 valence electrons. The molecule has 25 heavy (non-hydrogen) atoms. The molecule has 0 spiro atoms. The van der Waals surface area contributed by atoms with E-state index in [1.165, 1.54) is 11.1 Å². The van der Waals surface area contributed by atoms with E-state index in [0.29, 0.717) is 19.0 Å². The Morgan fingerprint density at radius 3 is 2.52 bits per heavy atom. The number of rotatable bonds is 5. The van der Waals surface area contributed by atoms with Crippen molar-refractivity contribution in [1.29, 1.82) is 0 Å². The maximum atomic E-state index is 12.6. The minimum absolute atomic E-state index is 0.0127. The van der Waals surface area contributed by atoms with Crippen LogP contribution >= 0.6 is 0 Å². The molecule has 0 aromatic heterocycles. The lowest BCUT2D eigenvalue weighted by molar-refractivity contribution is -0.907. The van der Waals surface area contributed by atoms with Crippen molar-refractivity contribution < 1.29 is 19.2 Å². The molecular formula is C20H25N2O3+. The maximum Gasteiger partial charge on any atom is 0.282 e. The molecule has 2 N–H and O–H groups in total.